The molecule has 0 radical (unpaired) electrons. The fraction of sp³-hybridized carbons (Fsp3) is 0.0526. The molecule has 0 bridgehead atoms. The molecule has 146 valence electrons. The van der Waals surface area contributed by atoms with Crippen molar-refractivity contribution in [2.45, 2.75) is 12.1 Å². The molecule has 0 fully saturated rings. The van der Waals surface area contributed by atoms with Crippen LogP contribution in [0, 0.1) is 6.92 Å². The summed E-state index contributed by atoms with van der Waals surface area (Å²) in [6.45, 7) is 1.78. The molecule has 2 N–H and O–H groups in total. The molecule has 2 heterocycles. The minimum Gasteiger partial charge on any atom is -0.478 e. The molecule has 0 spiro atoms. The van der Waals surface area contributed by atoms with E-state index in [1.54, 1.807) is 13.0 Å². The highest BCUT2D eigenvalue weighted by atomic mass is 32.2. The molecule has 2 aromatic carbocycles. The van der Waals surface area contributed by atoms with Gasteiger partial charge >= 0.3 is 5.97 Å². The summed E-state index contributed by atoms with van der Waals surface area (Å²) in [6, 6.07) is 16.6. The number of nitrogens with zero attached hydrogens (tertiary/aromatic N) is 4. The second kappa shape index (κ2) is 6.99. The third kappa shape index (κ3) is 3.65. The van der Waals surface area contributed by atoms with Gasteiger partial charge in [-0.2, -0.15) is 17.9 Å². The number of carboxylic acids is 1. The van der Waals surface area contributed by atoms with E-state index in [1.807, 2.05) is 30.3 Å². The Bertz CT molecular complexity index is 1330. The van der Waals surface area contributed by atoms with Crippen LogP contribution >= 0.6 is 0 Å². The van der Waals surface area contributed by atoms with Crippen LogP contribution in [-0.4, -0.2) is 39.1 Å². The van der Waals surface area contributed by atoms with Crippen molar-refractivity contribution in [2.24, 2.45) is 0 Å². The van der Waals surface area contributed by atoms with Gasteiger partial charge in [0.05, 0.1) is 11.3 Å². The first-order chi connectivity index (χ1) is 13.8. The standard InChI is InChI=1S/C19H15N5O4S/c1-12-10-16(13-6-3-2-4-7-13)24-18(20-12)21-19(22-24)29(27,28)23-15-9-5-8-14(11-15)17(25)26/h2-11,23H,1H3,(H,25,26). The molecular formula is C19H15N5O4S. The van der Waals surface area contributed by atoms with E-state index < -0.39 is 21.1 Å². The van der Waals surface area contributed by atoms with E-state index >= 15 is 0 Å². The summed E-state index contributed by atoms with van der Waals surface area (Å²) in [5.41, 5.74) is 2.19. The number of benzene rings is 2. The summed E-state index contributed by atoms with van der Waals surface area (Å²) < 4.78 is 29.2. The summed E-state index contributed by atoms with van der Waals surface area (Å²) in [6.07, 6.45) is 0. The Balaban J connectivity index is 1.78. The van der Waals surface area contributed by atoms with Crippen molar-refractivity contribution < 1.29 is 18.3 Å². The van der Waals surface area contributed by atoms with Gasteiger partial charge in [0.25, 0.3) is 21.0 Å². The number of hydrogen-bond acceptors (Lipinski definition) is 6. The van der Waals surface area contributed by atoms with Gasteiger partial charge in [-0.25, -0.2) is 9.78 Å². The molecule has 10 heteroatoms. The molecule has 0 saturated carbocycles. The lowest BCUT2D eigenvalue weighted by atomic mass is 10.1. The van der Waals surface area contributed by atoms with Crippen LogP contribution in [0.3, 0.4) is 0 Å². The predicted octanol–water partition coefficient (Wildman–Crippen LogP) is 2.60. The maximum Gasteiger partial charge on any atom is 0.335 e. The highest BCUT2D eigenvalue weighted by molar-refractivity contribution is 7.92. The highest BCUT2D eigenvalue weighted by Crippen LogP contribution is 2.22. The van der Waals surface area contributed by atoms with Crippen LogP contribution in [0.2, 0.25) is 0 Å². The number of aromatic carboxylic acids is 1. The van der Waals surface area contributed by atoms with Crippen LogP contribution in [0.4, 0.5) is 5.69 Å². The quantitative estimate of drug-likeness (QED) is 0.519. The molecule has 29 heavy (non-hydrogen) atoms. The maximum absolute atomic E-state index is 12.8. The topological polar surface area (TPSA) is 127 Å². The zero-order chi connectivity index (χ0) is 20.6. The molecule has 4 aromatic rings. The Morgan fingerprint density at radius 2 is 1.79 bits per heavy atom. The third-order valence-electron chi connectivity index (χ3n) is 4.09. The van der Waals surface area contributed by atoms with E-state index in [4.69, 9.17) is 5.11 Å². The molecule has 2 aromatic heterocycles. The normalized spacial score (nSPS) is 11.5. The van der Waals surface area contributed by atoms with E-state index in [9.17, 15) is 13.2 Å². The van der Waals surface area contributed by atoms with Crippen molar-refractivity contribution in [3.05, 3.63) is 71.9 Å². The Labute approximate surface area is 165 Å². The first-order valence-electron chi connectivity index (χ1n) is 8.49. The largest absolute Gasteiger partial charge is 0.478 e. The molecule has 0 aliphatic rings. The van der Waals surface area contributed by atoms with Crippen molar-refractivity contribution in [1.29, 1.82) is 0 Å². The van der Waals surface area contributed by atoms with Gasteiger partial charge in [-0.05, 0) is 31.2 Å². The van der Waals surface area contributed by atoms with Gasteiger partial charge < -0.3 is 5.11 Å². The van der Waals surface area contributed by atoms with Crippen LogP contribution in [-0.2, 0) is 10.0 Å². The van der Waals surface area contributed by atoms with Crippen LogP contribution in [0.5, 0.6) is 0 Å². The first-order valence-corrected chi connectivity index (χ1v) is 9.98. The third-order valence-corrected chi connectivity index (χ3v) is 5.25. The van der Waals surface area contributed by atoms with Gasteiger partial charge in [0.1, 0.15) is 0 Å². The lowest BCUT2D eigenvalue weighted by molar-refractivity contribution is 0.0697. The lowest BCUT2D eigenvalue weighted by Gasteiger charge is -2.06. The van der Waals surface area contributed by atoms with Gasteiger partial charge in [0, 0.05) is 16.9 Å². The fourth-order valence-corrected chi connectivity index (χ4v) is 3.73. The van der Waals surface area contributed by atoms with Crippen LogP contribution in [0.15, 0.2) is 65.8 Å². The number of nitrogens with one attached hydrogen (secondary N) is 1. The number of aromatic nitrogens is 4. The van der Waals surface area contributed by atoms with Gasteiger partial charge in [-0.1, -0.05) is 36.4 Å². The van der Waals surface area contributed by atoms with Gasteiger partial charge in [0.15, 0.2) is 0 Å². The van der Waals surface area contributed by atoms with E-state index in [2.05, 4.69) is 19.8 Å². The Hall–Kier alpha value is -3.79. The zero-order valence-corrected chi connectivity index (χ0v) is 16.0. The predicted molar refractivity (Wildman–Crippen MR) is 105 cm³/mol. The number of carbonyl (C=O) groups is 1. The second-order valence-electron chi connectivity index (χ2n) is 6.25. The molecule has 0 amide bonds. The SMILES string of the molecule is Cc1cc(-c2ccccc2)n2nc(S(=O)(=O)Nc3cccc(C(=O)O)c3)nc2n1. The van der Waals surface area contributed by atoms with Gasteiger partial charge in [-0.3, -0.25) is 4.72 Å². The van der Waals surface area contributed by atoms with E-state index in [-0.39, 0.29) is 17.0 Å². The highest BCUT2D eigenvalue weighted by Gasteiger charge is 2.23. The molecule has 0 unspecified atom stereocenters. The van der Waals surface area contributed by atoms with E-state index in [0.717, 1.165) is 5.56 Å². The summed E-state index contributed by atoms with van der Waals surface area (Å²) in [7, 11) is -4.16. The molecule has 0 saturated heterocycles. The minimum absolute atomic E-state index is 0.0446. The minimum atomic E-state index is -4.16. The average molecular weight is 409 g/mol. The second-order valence-corrected chi connectivity index (χ2v) is 7.82. The van der Waals surface area contributed by atoms with Crippen LogP contribution in [0.1, 0.15) is 16.1 Å². The number of anilines is 1. The molecule has 0 aliphatic carbocycles. The molecule has 0 atom stereocenters. The smallest absolute Gasteiger partial charge is 0.335 e. The number of sulfonamides is 1. The van der Waals surface area contributed by atoms with Crippen molar-refractivity contribution in [1.82, 2.24) is 19.6 Å². The Morgan fingerprint density at radius 1 is 1.03 bits per heavy atom. The first kappa shape index (κ1) is 18.6. The number of aryl methyl sites for hydroxylation is 1. The molecule has 9 nitrogen and oxygen atoms in total. The molecular weight excluding hydrogens is 394 g/mol. The molecule has 0 aliphatic heterocycles. The van der Waals surface area contributed by atoms with Crippen molar-refractivity contribution in [3.63, 3.8) is 0 Å². The van der Waals surface area contributed by atoms with E-state index in [0.29, 0.717) is 11.4 Å². The Kier molecular flexibility index (Phi) is 4.47. The fourth-order valence-electron chi connectivity index (χ4n) is 2.81. The van der Waals surface area contributed by atoms with Crippen LogP contribution in [0.25, 0.3) is 17.0 Å². The summed E-state index contributed by atoms with van der Waals surface area (Å²) in [4.78, 5) is 19.4. The summed E-state index contributed by atoms with van der Waals surface area (Å²) in [5, 5.41) is 12.7. The average Bonchev–Trinajstić information content (AvgIpc) is 3.13. The van der Waals surface area contributed by atoms with Crippen molar-refractivity contribution in [2.75, 3.05) is 4.72 Å². The van der Waals surface area contributed by atoms with Gasteiger partial charge in [0.2, 0.25) is 0 Å². The van der Waals surface area contributed by atoms with Crippen molar-refractivity contribution >= 4 is 27.5 Å². The summed E-state index contributed by atoms with van der Waals surface area (Å²) >= 11 is 0. The van der Waals surface area contributed by atoms with Gasteiger partial charge in [-0.15, -0.1) is 5.10 Å². The Morgan fingerprint density at radius 3 is 2.52 bits per heavy atom. The maximum atomic E-state index is 12.8. The lowest BCUT2D eigenvalue weighted by Crippen LogP contribution is -2.15. The van der Waals surface area contributed by atoms with E-state index in [1.165, 1.54) is 28.8 Å². The van der Waals surface area contributed by atoms with Crippen LogP contribution < -0.4 is 4.72 Å². The zero-order valence-electron chi connectivity index (χ0n) is 15.1. The summed E-state index contributed by atoms with van der Waals surface area (Å²) in [5.74, 6) is -1.02. The molecule has 4 rings (SSSR count). The number of carboxylic acid groups (broad SMARTS) is 1. The number of fused-ring (bicyclic) bond motifs is 1. The van der Waals surface area contributed by atoms with Crippen molar-refractivity contribution in [3.8, 4) is 11.3 Å². The number of hydrogen-bond donors (Lipinski definition) is 2. The number of rotatable bonds is 5. The monoisotopic (exact) mass is 409 g/mol.